The molecule has 0 spiro atoms. The number of aromatic nitrogens is 2. The van der Waals surface area contributed by atoms with Crippen LogP contribution in [0.2, 0.25) is 5.15 Å². The van der Waals surface area contributed by atoms with Gasteiger partial charge in [-0.05, 0) is 56.0 Å². The van der Waals surface area contributed by atoms with E-state index in [0.29, 0.717) is 34.2 Å². The molecule has 196 valence electrons. The molecule has 1 saturated heterocycles. The quantitative estimate of drug-likeness (QED) is 0.139. The Morgan fingerprint density at radius 2 is 1.92 bits per heavy atom. The Morgan fingerprint density at radius 1 is 1.11 bits per heavy atom. The number of benzene rings is 2. The summed E-state index contributed by atoms with van der Waals surface area (Å²) < 4.78 is 0. The number of rotatable bonds is 11. The summed E-state index contributed by atoms with van der Waals surface area (Å²) in [6, 6.07) is 20.4. The molecule has 4 rings (SSSR count). The van der Waals surface area contributed by atoms with Crippen molar-refractivity contribution >= 4 is 35.1 Å². The number of amides is 1. The Bertz CT molecular complexity index is 1160. The first-order valence-corrected chi connectivity index (χ1v) is 14.4. The van der Waals surface area contributed by atoms with Crippen LogP contribution in [0.5, 0.6) is 0 Å². The number of hydrogen-bond donors (Lipinski definition) is 1. The van der Waals surface area contributed by atoms with E-state index in [1.807, 2.05) is 49.5 Å². The van der Waals surface area contributed by atoms with E-state index in [-0.39, 0.29) is 5.91 Å². The molecule has 1 aromatic heterocycles. The van der Waals surface area contributed by atoms with Gasteiger partial charge in [-0.2, -0.15) is 0 Å². The number of nitrogens with one attached hydrogen (secondary N) is 1. The summed E-state index contributed by atoms with van der Waals surface area (Å²) in [4.78, 5) is 26.4. The Morgan fingerprint density at radius 3 is 2.73 bits per heavy atom. The first kappa shape index (κ1) is 27.4. The molecule has 1 amide bonds. The average Bonchev–Trinajstić information content (AvgIpc) is 2.91. The van der Waals surface area contributed by atoms with Crippen molar-refractivity contribution in [3.8, 4) is 0 Å². The van der Waals surface area contributed by atoms with Gasteiger partial charge in [0.2, 0.25) is 0 Å². The van der Waals surface area contributed by atoms with Crippen LogP contribution >= 0.6 is 23.4 Å². The fraction of sp³-hybridized carbons (Fsp3) is 0.414. The Hall–Kier alpha value is -2.61. The van der Waals surface area contributed by atoms with Gasteiger partial charge in [0.25, 0.3) is 5.91 Å². The molecule has 1 unspecified atom stereocenters. The van der Waals surface area contributed by atoms with Gasteiger partial charge in [0.05, 0.1) is 0 Å². The average molecular weight is 538 g/mol. The second kappa shape index (κ2) is 13.8. The van der Waals surface area contributed by atoms with Gasteiger partial charge >= 0.3 is 0 Å². The maximum atomic E-state index is 12.7. The number of carbonyl (C=O) groups excluding carboxylic acids is 1. The molecule has 1 atom stereocenters. The van der Waals surface area contributed by atoms with Crippen molar-refractivity contribution in [1.82, 2.24) is 20.2 Å². The van der Waals surface area contributed by atoms with Crippen LogP contribution in [0.3, 0.4) is 0 Å². The number of carbonyl (C=O) groups is 1. The number of anilines is 1. The smallest absolute Gasteiger partial charge is 0.251 e. The monoisotopic (exact) mass is 537 g/mol. The highest BCUT2D eigenvalue weighted by atomic mass is 35.5. The highest BCUT2D eigenvalue weighted by Gasteiger charge is 2.17. The maximum Gasteiger partial charge on any atom is 0.251 e. The van der Waals surface area contributed by atoms with Crippen molar-refractivity contribution in [3.63, 3.8) is 0 Å². The van der Waals surface area contributed by atoms with Crippen LogP contribution in [0.1, 0.15) is 54.1 Å². The van der Waals surface area contributed by atoms with Crippen molar-refractivity contribution in [2.24, 2.45) is 0 Å². The third-order valence-corrected chi connectivity index (χ3v) is 7.83. The molecule has 0 radical (unpaired) electrons. The lowest BCUT2D eigenvalue weighted by Crippen LogP contribution is -2.39. The predicted octanol–water partition coefficient (Wildman–Crippen LogP) is 6.05. The molecule has 3 aromatic rings. The van der Waals surface area contributed by atoms with E-state index in [1.165, 1.54) is 43.1 Å². The lowest BCUT2D eigenvalue weighted by molar-refractivity contribution is 0.0949. The van der Waals surface area contributed by atoms with Gasteiger partial charge < -0.3 is 15.1 Å². The van der Waals surface area contributed by atoms with Crippen LogP contribution in [0.25, 0.3) is 0 Å². The first-order valence-electron chi connectivity index (χ1n) is 13.0. The normalized spacial score (nSPS) is 15.9. The molecular weight excluding hydrogens is 502 g/mol. The van der Waals surface area contributed by atoms with Gasteiger partial charge in [0.15, 0.2) is 5.16 Å². The molecule has 1 aliphatic heterocycles. The number of halogens is 1. The minimum absolute atomic E-state index is 0.0256. The lowest BCUT2D eigenvalue weighted by atomic mass is 10.0. The summed E-state index contributed by atoms with van der Waals surface area (Å²) in [6.45, 7) is 5.94. The molecule has 0 aliphatic carbocycles. The van der Waals surface area contributed by atoms with E-state index >= 15 is 0 Å². The number of nitrogens with zero attached hydrogens (tertiary/aromatic N) is 4. The SMILES string of the molecule is CC1CCCCN1CCCNC(=O)c1cccc(CSc2nc(Cl)cc(N(C)Cc3ccccc3)n2)c1. The summed E-state index contributed by atoms with van der Waals surface area (Å²) in [7, 11) is 2.00. The van der Waals surface area contributed by atoms with Crippen molar-refractivity contribution in [1.29, 1.82) is 0 Å². The van der Waals surface area contributed by atoms with Crippen molar-refractivity contribution in [3.05, 3.63) is 82.5 Å². The van der Waals surface area contributed by atoms with Crippen molar-refractivity contribution in [2.45, 2.75) is 56.1 Å². The molecule has 2 heterocycles. The summed E-state index contributed by atoms with van der Waals surface area (Å²) in [6.07, 6.45) is 4.87. The van der Waals surface area contributed by atoms with Crippen molar-refractivity contribution in [2.75, 3.05) is 31.6 Å². The van der Waals surface area contributed by atoms with Crippen LogP contribution < -0.4 is 10.2 Å². The zero-order chi connectivity index (χ0) is 26.0. The van der Waals surface area contributed by atoms with E-state index < -0.39 is 0 Å². The Balaban J connectivity index is 1.28. The lowest BCUT2D eigenvalue weighted by Gasteiger charge is -2.33. The standard InChI is InChI=1S/C29H36ClN5OS/c1-22-10-6-7-16-35(22)17-9-15-31-28(36)25-14-8-13-24(18-25)21-37-29-32-26(30)19-27(33-29)34(2)20-23-11-4-3-5-12-23/h3-5,8,11-14,18-19,22H,6-7,9-10,15-17,20-21H2,1-2H3,(H,31,36). The summed E-state index contributed by atoms with van der Waals surface area (Å²) >= 11 is 7.83. The molecule has 37 heavy (non-hydrogen) atoms. The molecule has 1 fully saturated rings. The molecule has 0 saturated carbocycles. The van der Waals surface area contributed by atoms with E-state index in [1.54, 1.807) is 6.07 Å². The highest BCUT2D eigenvalue weighted by Crippen LogP contribution is 2.25. The zero-order valence-corrected chi connectivity index (χ0v) is 23.3. The van der Waals surface area contributed by atoms with E-state index in [2.05, 4.69) is 39.2 Å². The van der Waals surface area contributed by atoms with Gasteiger partial charge in [0.1, 0.15) is 11.0 Å². The second-order valence-electron chi connectivity index (χ2n) is 9.65. The molecule has 1 aliphatic rings. The maximum absolute atomic E-state index is 12.7. The van der Waals surface area contributed by atoms with Crippen LogP contribution in [-0.2, 0) is 12.3 Å². The number of likely N-dealkylation sites (tertiary alicyclic amines) is 1. The minimum Gasteiger partial charge on any atom is -0.355 e. The molecule has 2 aromatic carbocycles. The zero-order valence-electron chi connectivity index (χ0n) is 21.7. The largest absolute Gasteiger partial charge is 0.355 e. The van der Waals surface area contributed by atoms with Gasteiger partial charge in [0, 0.05) is 50.1 Å². The van der Waals surface area contributed by atoms with E-state index in [4.69, 9.17) is 16.6 Å². The van der Waals surface area contributed by atoms with E-state index in [9.17, 15) is 4.79 Å². The van der Waals surface area contributed by atoms with Crippen LogP contribution in [0.15, 0.2) is 65.8 Å². The molecular formula is C29H36ClN5OS. The van der Waals surface area contributed by atoms with Crippen molar-refractivity contribution < 1.29 is 4.79 Å². The minimum atomic E-state index is -0.0256. The van der Waals surface area contributed by atoms with Crippen LogP contribution in [-0.4, -0.2) is 53.5 Å². The summed E-state index contributed by atoms with van der Waals surface area (Å²) in [5.74, 6) is 1.40. The second-order valence-corrected chi connectivity index (χ2v) is 11.0. The summed E-state index contributed by atoms with van der Waals surface area (Å²) in [5.41, 5.74) is 2.92. The molecule has 8 heteroatoms. The van der Waals surface area contributed by atoms with Gasteiger partial charge in [-0.25, -0.2) is 9.97 Å². The molecule has 1 N–H and O–H groups in total. The predicted molar refractivity (Wildman–Crippen MR) is 153 cm³/mol. The Labute approximate surface area is 229 Å². The summed E-state index contributed by atoms with van der Waals surface area (Å²) in [5, 5.41) is 4.11. The van der Waals surface area contributed by atoms with Gasteiger partial charge in [-0.1, -0.05) is 72.2 Å². The van der Waals surface area contributed by atoms with E-state index in [0.717, 1.165) is 30.9 Å². The number of hydrogen-bond acceptors (Lipinski definition) is 6. The van der Waals surface area contributed by atoms with Crippen LogP contribution in [0.4, 0.5) is 5.82 Å². The van der Waals surface area contributed by atoms with Crippen LogP contribution in [0, 0.1) is 0 Å². The third-order valence-electron chi connectivity index (χ3n) is 6.72. The van der Waals surface area contributed by atoms with Gasteiger partial charge in [-0.15, -0.1) is 0 Å². The topological polar surface area (TPSA) is 61.4 Å². The number of piperidine rings is 1. The molecule has 6 nitrogen and oxygen atoms in total. The Kier molecular flexibility index (Phi) is 10.2. The fourth-order valence-electron chi connectivity index (χ4n) is 4.61. The highest BCUT2D eigenvalue weighted by molar-refractivity contribution is 7.98. The van der Waals surface area contributed by atoms with Gasteiger partial charge in [-0.3, -0.25) is 4.79 Å². The number of thioether (sulfide) groups is 1. The third kappa shape index (κ3) is 8.45. The molecule has 0 bridgehead atoms. The first-order chi connectivity index (χ1) is 18.0. The fourth-order valence-corrected chi connectivity index (χ4v) is 5.63.